The summed E-state index contributed by atoms with van der Waals surface area (Å²) in [6.07, 6.45) is 7.22. The Morgan fingerprint density at radius 2 is 2.00 bits per heavy atom. The molecule has 0 saturated carbocycles. The van der Waals surface area contributed by atoms with E-state index in [0.29, 0.717) is 25.7 Å². The molecular formula is C12H24N3O2S. The molecule has 2 heterocycles. The van der Waals surface area contributed by atoms with Crippen LogP contribution in [-0.2, 0) is 10.2 Å². The zero-order valence-electron chi connectivity index (χ0n) is 11.1. The van der Waals surface area contributed by atoms with Crippen LogP contribution in [0.25, 0.3) is 0 Å². The lowest BCUT2D eigenvalue weighted by Crippen LogP contribution is -2.44. The first kappa shape index (κ1) is 14.2. The molecule has 1 radical (unpaired) electrons. The Balaban J connectivity index is 1.74. The Morgan fingerprint density at radius 1 is 1.28 bits per heavy atom. The summed E-state index contributed by atoms with van der Waals surface area (Å²) in [5.41, 5.74) is 0. The van der Waals surface area contributed by atoms with Crippen LogP contribution in [0.3, 0.4) is 0 Å². The van der Waals surface area contributed by atoms with Crippen LogP contribution in [0.2, 0.25) is 0 Å². The third kappa shape index (κ3) is 3.66. The van der Waals surface area contributed by atoms with Crippen LogP contribution in [0.5, 0.6) is 0 Å². The summed E-state index contributed by atoms with van der Waals surface area (Å²) in [6.45, 7) is 2.94. The van der Waals surface area contributed by atoms with Crippen LogP contribution in [0, 0.1) is 6.42 Å². The minimum absolute atomic E-state index is 0.544. The fourth-order valence-electron chi connectivity index (χ4n) is 2.76. The van der Waals surface area contributed by atoms with Crippen molar-refractivity contribution in [3.8, 4) is 0 Å². The molecule has 2 aliphatic rings. The van der Waals surface area contributed by atoms with Gasteiger partial charge in [0.2, 0.25) is 0 Å². The summed E-state index contributed by atoms with van der Waals surface area (Å²) < 4.78 is 28.4. The maximum absolute atomic E-state index is 12.0. The van der Waals surface area contributed by atoms with Crippen molar-refractivity contribution in [3.63, 3.8) is 0 Å². The van der Waals surface area contributed by atoms with E-state index in [0.717, 1.165) is 25.8 Å². The minimum atomic E-state index is -3.25. The van der Waals surface area contributed by atoms with Gasteiger partial charge in [-0.25, -0.2) is 4.72 Å². The molecule has 1 N–H and O–H groups in total. The van der Waals surface area contributed by atoms with Crippen LogP contribution in [0.1, 0.15) is 32.1 Å². The van der Waals surface area contributed by atoms with E-state index < -0.39 is 10.2 Å². The van der Waals surface area contributed by atoms with E-state index in [1.165, 1.54) is 12.8 Å². The van der Waals surface area contributed by atoms with Crippen molar-refractivity contribution in [2.24, 2.45) is 0 Å². The Morgan fingerprint density at radius 3 is 2.61 bits per heavy atom. The number of nitrogens with zero attached hydrogens (tertiary/aromatic N) is 2. The molecule has 1 atom stereocenters. The van der Waals surface area contributed by atoms with Gasteiger partial charge in [0.25, 0.3) is 10.2 Å². The van der Waals surface area contributed by atoms with E-state index in [1.54, 1.807) is 4.31 Å². The van der Waals surface area contributed by atoms with E-state index in [9.17, 15) is 8.42 Å². The fourth-order valence-corrected chi connectivity index (χ4v) is 4.01. The molecule has 0 aliphatic carbocycles. The fraction of sp³-hybridized carbons (Fsp3) is 0.917. The highest BCUT2D eigenvalue weighted by Gasteiger charge is 2.25. The maximum Gasteiger partial charge on any atom is 0.279 e. The highest BCUT2D eigenvalue weighted by Crippen LogP contribution is 2.17. The Labute approximate surface area is 111 Å². The summed E-state index contributed by atoms with van der Waals surface area (Å²) in [4.78, 5) is 2.32. The summed E-state index contributed by atoms with van der Waals surface area (Å²) in [5, 5.41) is 0. The van der Waals surface area contributed by atoms with E-state index in [2.05, 4.69) is 23.1 Å². The van der Waals surface area contributed by atoms with Crippen LogP contribution in [0.4, 0.5) is 0 Å². The monoisotopic (exact) mass is 274 g/mol. The molecule has 5 nitrogen and oxygen atoms in total. The second kappa shape index (κ2) is 6.32. The van der Waals surface area contributed by atoms with Gasteiger partial charge in [0.05, 0.1) is 0 Å². The predicted octanol–water partition coefficient (Wildman–Crippen LogP) is 0.605. The maximum atomic E-state index is 12.0. The summed E-state index contributed by atoms with van der Waals surface area (Å²) in [6, 6.07) is 0.544. The van der Waals surface area contributed by atoms with Crippen molar-refractivity contribution < 1.29 is 8.42 Å². The Hall–Kier alpha value is -0.170. The predicted molar refractivity (Wildman–Crippen MR) is 72.3 cm³/mol. The normalized spacial score (nSPS) is 27.7. The molecule has 18 heavy (non-hydrogen) atoms. The lowest BCUT2D eigenvalue weighted by Gasteiger charge is -2.26. The van der Waals surface area contributed by atoms with Crippen molar-refractivity contribution in [3.05, 3.63) is 6.42 Å². The van der Waals surface area contributed by atoms with Gasteiger partial charge >= 0.3 is 0 Å². The SMILES string of the molecule is CN1CCCC1CCNS(=O)(=O)N1CC[CH]CC1. The zero-order valence-corrected chi connectivity index (χ0v) is 12.0. The van der Waals surface area contributed by atoms with Crippen molar-refractivity contribution in [1.82, 2.24) is 13.9 Å². The Kier molecular flexibility index (Phi) is 5.00. The van der Waals surface area contributed by atoms with Crippen LogP contribution < -0.4 is 4.72 Å². The number of nitrogens with one attached hydrogen (secondary N) is 1. The largest absolute Gasteiger partial charge is 0.303 e. The van der Waals surface area contributed by atoms with Gasteiger partial charge in [-0.05, 0) is 52.1 Å². The number of likely N-dealkylation sites (tertiary alicyclic amines) is 1. The van der Waals surface area contributed by atoms with Gasteiger partial charge in [-0.1, -0.05) is 0 Å². The third-order valence-electron chi connectivity index (χ3n) is 3.94. The first-order valence-electron chi connectivity index (χ1n) is 6.86. The zero-order chi connectivity index (χ0) is 13.0. The average Bonchev–Trinajstić information content (AvgIpc) is 2.76. The Bertz CT molecular complexity index is 352. The molecule has 2 aliphatic heterocycles. The van der Waals surface area contributed by atoms with Gasteiger partial charge in [-0.15, -0.1) is 0 Å². The minimum Gasteiger partial charge on any atom is -0.303 e. The van der Waals surface area contributed by atoms with E-state index in [1.807, 2.05) is 0 Å². The second-order valence-corrected chi connectivity index (χ2v) is 6.98. The lowest BCUT2D eigenvalue weighted by molar-refractivity contribution is 0.296. The highest BCUT2D eigenvalue weighted by atomic mass is 32.2. The number of hydrogen-bond donors (Lipinski definition) is 1. The van der Waals surface area contributed by atoms with Crippen molar-refractivity contribution in [2.45, 2.75) is 38.1 Å². The standard InChI is InChI=1S/C12H24N3O2S/c1-14-9-5-6-12(14)7-8-13-18(16,17)15-10-3-2-4-11-15/h2,12-13H,3-11H2,1H3. The molecule has 0 aromatic carbocycles. The van der Waals surface area contributed by atoms with Crippen LogP contribution in [-0.4, -0.2) is 56.9 Å². The quantitative estimate of drug-likeness (QED) is 0.799. The van der Waals surface area contributed by atoms with E-state index >= 15 is 0 Å². The molecule has 0 aromatic rings. The average molecular weight is 274 g/mol. The van der Waals surface area contributed by atoms with Gasteiger partial charge in [0, 0.05) is 25.7 Å². The van der Waals surface area contributed by atoms with Gasteiger partial charge in [0.1, 0.15) is 0 Å². The molecule has 105 valence electrons. The lowest BCUT2D eigenvalue weighted by atomic mass is 10.1. The van der Waals surface area contributed by atoms with Crippen molar-refractivity contribution in [1.29, 1.82) is 0 Å². The van der Waals surface area contributed by atoms with Gasteiger partial charge in [-0.3, -0.25) is 0 Å². The summed E-state index contributed by atoms with van der Waals surface area (Å²) >= 11 is 0. The number of rotatable bonds is 5. The van der Waals surface area contributed by atoms with Crippen molar-refractivity contribution in [2.75, 3.05) is 33.2 Å². The molecule has 0 bridgehead atoms. The first-order valence-corrected chi connectivity index (χ1v) is 8.30. The second-order valence-electron chi connectivity index (χ2n) is 5.23. The van der Waals surface area contributed by atoms with E-state index in [-0.39, 0.29) is 0 Å². The molecule has 0 spiro atoms. The molecular weight excluding hydrogens is 250 g/mol. The molecule has 1 unspecified atom stereocenters. The van der Waals surface area contributed by atoms with Crippen molar-refractivity contribution >= 4 is 10.2 Å². The van der Waals surface area contributed by atoms with Gasteiger partial charge in [0.15, 0.2) is 0 Å². The molecule has 6 heteroatoms. The topological polar surface area (TPSA) is 52.7 Å². The van der Waals surface area contributed by atoms with Gasteiger partial charge < -0.3 is 4.90 Å². The molecule has 0 amide bonds. The smallest absolute Gasteiger partial charge is 0.279 e. The van der Waals surface area contributed by atoms with Gasteiger partial charge in [-0.2, -0.15) is 12.7 Å². The summed E-state index contributed by atoms with van der Waals surface area (Å²) in [5.74, 6) is 0. The van der Waals surface area contributed by atoms with Crippen LogP contribution >= 0.6 is 0 Å². The van der Waals surface area contributed by atoms with Crippen LogP contribution in [0.15, 0.2) is 0 Å². The molecule has 0 aromatic heterocycles. The molecule has 2 saturated heterocycles. The summed E-state index contributed by atoms with van der Waals surface area (Å²) in [7, 11) is -1.13. The third-order valence-corrected chi connectivity index (χ3v) is 5.55. The van der Waals surface area contributed by atoms with E-state index in [4.69, 9.17) is 0 Å². The first-order chi connectivity index (χ1) is 8.59. The number of hydrogen-bond acceptors (Lipinski definition) is 3. The number of piperidine rings is 1. The highest BCUT2D eigenvalue weighted by molar-refractivity contribution is 7.87. The molecule has 2 fully saturated rings. The molecule has 2 rings (SSSR count).